The van der Waals surface area contributed by atoms with Crippen LogP contribution in [0.3, 0.4) is 0 Å². The summed E-state index contributed by atoms with van der Waals surface area (Å²) in [6, 6.07) is 10.9. The van der Waals surface area contributed by atoms with E-state index in [9.17, 15) is 19.2 Å². The van der Waals surface area contributed by atoms with Crippen molar-refractivity contribution in [2.24, 2.45) is 11.8 Å². The van der Waals surface area contributed by atoms with Gasteiger partial charge in [0.15, 0.2) is 6.61 Å². The molecule has 1 N–H and O–H groups in total. The normalized spacial score (nSPS) is 19.6. The summed E-state index contributed by atoms with van der Waals surface area (Å²) in [5.74, 6) is -2.29. The molecule has 7 nitrogen and oxygen atoms in total. The van der Waals surface area contributed by atoms with E-state index >= 15 is 0 Å². The van der Waals surface area contributed by atoms with E-state index in [1.54, 1.807) is 18.2 Å². The first-order valence-corrected chi connectivity index (χ1v) is 11.1. The number of anilines is 2. The third kappa shape index (κ3) is 4.47. The molecule has 2 aromatic carbocycles. The van der Waals surface area contributed by atoms with Crippen LogP contribution in [0, 0.1) is 11.8 Å². The number of carbonyl (C=O) groups excluding carboxylic acids is 4. The number of hydrogen-bond donors (Lipinski definition) is 1. The molecule has 9 heteroatoms. The Kier molecular flexibility index (Phi) is 6.43. The van der Waals surface area contributed by atoms with E-state index in [2.05, 4.69) is 21.2 Å². The lowest BCUT2D eigenvalue weighted by Gasteiger charge is -2.15. The van der Waals surface area contributed by atoms with Crippen LogP contribution in [0.5, 0.6) is 0 Å². The monoisotopic (exact) mass is 516 g/mol. The van der Waals surface area contributed by atoms with Crippen molar-refractivity contribution in [2.75, 3.05) is 16.8 Å². The first-order valence-electron chi connectivity index (χ1n) is 9.90. The molecule has 0 spiro atoms. The smallest absolute Gasteiger partial charge is 0.338 e. The lowest BCUT2D eigenvalue weighted by Crippen LogP contribution is -2.30. The lowest BCUT2D eigenvalue weighted by molar-refractivity contribution is -0.122. The van der Waals surface area contributed by atoms with Gasteiger partial charge in [-0.15, -0.1) is 0 Å². The highest BCUT2D eigenvalue weighted by atomic mass is 79.9. The maximum atomic E-state index is 12.7. The highest BCUT2D eigenvalue weighted by molar-refractivity contribution is 9.10. The highest BCUT2D eigenvalue weighted by Crippen LogP contribution is 2.37. The number of nitrogens with zero attached hydrogens (tertiary/aromatic N) is 1. The first-order chi connectivity index (χ1) is 15.3. The van der Waals surface area contributed by atoms with Crippen molar-refractivity contribution in [3.63, 3.8) is 0 Å². The number of halogens is 2. The molecule has 2 aliphatic rings. The molecule has 1 aliphatic carbocycles. The van der Waals surface area contributed by atoms with Gasteiger partial charge < -0.3 is 10.1 Å². The largest absolute Gasteiger partial charge is 0.452 e. The fourth-order valence-electron chi connectivity index (χ4n) is 3.79. The Morgan fingerprint density at radius 3 is 2.25 bits per heavy atom. The van der Waals surface area contributed by atoms with Crippen molar-refractivity contribution in [1.29, 1.82) is 0 Å². The van der Waals surface area contributed by atoms with Crippen LogP contribution in [0.25, 0.3) is 0 Å². The standard InChI is InChI=1S/C23H18BrClN2O5/c24-18-10-7-14(11-19(18)25)26-20(28)12-32-23(31)13-5-8-15(9-6-13)27-21(29)16-3-1-2-4-17(16)22(27)30/h1-2,5-11,16-17H,3-4,12H2,(H,26,28)/t16-,17-/m0/s1. The van der Waals surface area contributed by atoms with E-state index in [0.29, 0.717) is 33.7 Å². The van der Waals surface area contributed by atoms with Gasteiger partial charge in [0, 0.05) is 10.2 Å². The van der Waals surface area contributed by atoms with E-state index in [1.807, 2.05) is 12.2 Å². The van der Waals surface area contributed by atoms with Gasteiger partial charge in [-0.05, 0) is 71.2 Å². The number of ether oxygens (including phenoxy) is 1. The number of rotatable bonds is 5. The third-order valence-electron chi connectivity index (χ3n) is 5.41. The van der Waals surface area contributed by atoms with E-state index in [4.69, 9.17) is 16.3 Å². The second-order valence-electron chi connectivity index (χ2n) is 7.47. The van der Waals surface area contributed by atoms with E-state index < -0.39 is 18.5 Å². The molecular weight excluding hydrogens is 500 g/mol. The van der Waals surface area contributed by atoms with Gasteiger partial charge in [-0.2, -0.15) is 0 Å². The summed E-state index contributed by atoms with van der Waals surface area (Å²) in [4.78, 5) is 50.8. The molecule has 0 radical (unpaired) electrons. The number of fused-ring (bicyclic) bond motifs is 1. The van der Waals surface area contributed by atoms with Crippen LogP contribution in [0.4, 0.5) is 11.4 Å². The Bertz CT molecular complexity index is 1110. The summed E-state index contributed by atoms with van der Waals surface area (Å²) in [6.07, 6.45) is 4.97. The molecule has 1 saturated heterocycles. The number of carbonyl (C=O) groups is 4. The predicted octanol–water partition coefficient (Wildman–Crippen LogP) is 4.35. The number of hydrogen-bond acceptors (Lipinski definition) is 5. The van der Waals surface area contributed by atoms with Crippen LogP contribution in [0.2, 0.25) is 5.02 Å². The molecule has 164 valence electrons. The fraction of sp³-hybridized carbons (Fsp3) is 0.217. The molecule has 0 bridgehead atoms. The van der Waals surface area contributed by atoms with Gasteiger partial charge in [-0.25, -0.2) is 4.79 Å². The zero-order valence-corrected chi connectivity index (χ0v) is 19.1. The highest BCUT2D eigenvalue weighted by Gasteiger charge is 2.47. The third-order valence-corrected chi connectivity index (χ3v) is 6.64. The molecule has 0 saturated carbocycles. The second kappa shape index (κ2) is 9.26. The van der Waals surface area contributed by atoms with E-state index in [-0.39, 0.29) is 29.2 Å². The van der Waals surface area contributed by atoms with Crippen LogP contribution >= 0.6 is 27.5 Å². The molecule has 4 rings (SSSR count). The number of benzene rings is 2. The average molecular weight is 518 g/mol. The molecule has 1 aliphatic heterocycles. The Hall–Kier alpha value is -2.97. The van der Waals surface area contributed by atoms with Crippen LogP contribution < -0.4 is 10.2 Å². The van der Waals surface area contributed by atoms with Gasteiger partial charge in [0.05, 0.1) is 28.1 Å². The Labute approximate surface area is 197 Å². The minimum absolute atomic E-state index is 0.200. The van der Waals surface area contributed by atoms with Crippen LogP contribution in [0.1, 0.15) is 23.2 Å². The Morgan fingerprint density at radius 1 is 1.03 bits per heavy atom. The number of nitrogens with one attached hydrogen (secondary N) is 1. The maximum absolute atomic E-state index is 12.7. The van der Waals surface area contributed by atoms with Crippen molar-refractivity contribution < 1.29 is 23.9 Å². The molecule has 2 atom stereocenters. The summed E-state index contributed by atoms with van der Waals surface area (Å²) in [5, 5.41) is 3.02. The summed E-state index contributed by atoms with van der Waals surface area (Å²) in [5.41, 5.74) is 1.08. The van der Waals surface area contributed by atoms with Crippen LogP contribution in [-0.4, -0.2) is 30.3 Å². The molecule has 32 heavy (non-hydrogen) atoms. The Morgan fingerprint density at radius 2 is 1.66 bits per heavy atom. The molecule has 0 unspecified atom stereocenters. The zero-order chi connectivity index (χ0) is 22.8. The second-order valence-corrected chi connectivity index (χ2v) is 8.73. The lowest BCUT2D eigenvalue weighted by atomic mass is 9.85. The van der Waals surface area contributed by atoms with Crippen molar-refractivity contribution in [2.45, 2.75) is 12.8 Å². The minimum atomic E-state index is -0.697. The zero-order valence-electron chi connectivity index (χ0n) is 16.7. The fourth-order valence-corrected chi connectivity index (χ4v) is 4.21. The van der Waals surface area contributed by atoms with Crippen LogP contribution in [0.15, 0.2) is 59.1 Å². The number of allylic oxidation sites excluding steroid dienone is 2. The topological polar surface area (TPSA) is 92.8 Å². The number of imide groups is 1. The predicted molar refractivity (Wildman–Crippen MR) is 122 cm³/mol. The number of esters is 1. The van der Waals surface area contributed by atoms with Crippen molar-refractivity contribution >= 4 is 62.6 Å². The van der Waals surface area contributed by atoms with Gasteiger partial charge >= 0.3 is 5.97 Å². The minimum Gasteiger partial charge on any atom is -0.452 e. The van der Waals surface area contributed by atoms with E-state index in [0.717, 1.165) is 0 Å². The molecule has 1 heterocycles. The van der Waals surface area contributed by atoms with Crippen molar-refractivity contribution in [3.05, 3.63) is 69.7 Å². The van der Waals surface area contributed by atoms with Gasteiger partial charge in [-0.3, -0.25) is 19.3 Å². The molecule has 0 aromatic heterocycles. The SMILES string of the molecule is O=C(COC(=O)c1ccc(N2C(=O)[C@H]3CC=CC[C@@H]3C2=O)cc1)Nc1ccc(Br)c(Cl)c1. The van der Waals surface area contributed by atoms with Crippen molar-refractivity contribution in [3.8, 4) is 0 Å². The summed E-state index contributed by atoms with van der Waals surface area (Å²) < 4.78 is 5.75. The summed E-state index contributed by atoms with van der Waals surface area (Å²) in [7, 11) is 0. The molecular formula is C23H18BrClN2O5. The van der Waals surface area contributed by atoms with Crippen molar-refractivity contribution in [1.82, 2.24) is 0 Å². The molecule has 2 aromatic rings. The molecule has 3 amide bonds. The quantitative estimate of drug-likeness (QED) is 0.362. The van der Waals surface area contributed by atoms with Gasteiger partial charge in [0.25, 0.3) is 5.91 Å². The van der Waals surface area contributed by atoms with Gasteiger partial charge in [0.2, 0.25) is 11.8 Å². The summed E-state index contributed by atoms with van der Waals surface area (Å²) in [6.45, 7) is -0.478. The van der Waals surface area contributed by atoms with Crippen LogP contribution in [-0.2, 0) is 19.1 Å². The first kappa shape index (κ1) is 22.2. The molecule has 1 fully saturated rings. The maximum Gasteiger partial charge on any atom is 0.338 e. The number of amides is 3. The van der Waals surface area contributed by atoms with Gasteiger partial charge in [0.1, 0.15) is 0 Å². The Balaban J connectivity index is 1.35. The summed E-state index contributed by atoms with van der Waals surface area (Å²) >= 11 is 9.25. The van der Waals surface area contributed by atoms with Gasteiger partial charge in [-0.1, -0.05) is 23.8 Å². The van der Waals surface area contributed by atoms with E-state index in [1.165, 1.54) is 29.2 Å². The average Bonchev–Trinajstić information content (AvgIpc) is 3.05.